The molecule has 1 atom stereocenters. The van der Waals surface area contributed by atoms with Gasteiger partial charge in [0.2, 0.25) is 0 Å². The van der Waals surface area contributed by atoms with Crippen LogP contribution in [0.2, 0.25) is 0 Å². The van der Waals surface area contributed by atoms with Crippen molar-refractivity contribution in [3.05, 3.63) is 35.1 Å². The predicted molar refractivity (Wildman–Crippen MR) is 53.1 cm³/mol. The number of halogens is 1. The average molecular weight is 209 g/mol. The minimum Gasteiger partial charge on any atom is -0.480 e. The van der Waals surface area contributed by atoms with E-state index in [9.17, 15) is 9.18 Å². The van der Waals surface area contributed by atoms with Gasteiger partial charge < -0.3 is 10.4 Å². The maximum Gasteiger partial charge on any atom is 0.317 e. The zero-order valence-corrected chi connectivity index (χ0v) is 8.16. The monoisotopic (exact) mass is 209 g/mol. The van der Waals surface area contributed by atoms with Crippen molar-refractivity contribution in [2.45, 2.75) is 18.9 Å². The first-order valence-electron chi connectivity index (χ1n) is 4.91. The van der Waals surface area contributed by atoms with Gasteiger partial charge in [0.15, 0.2) is 0 Å². The maximum absolute atomic E-state index is 13.3. The molecule has 0 spiro atoms. The SMILES string of the molecule is O=C(O)CNC1CCc2c(F)cccc21. The average Bonchev–Trinajstić information content (AvgIpc) is 2.59. The molecule has 0 aliphatic heterocycles. The third kappa shape index (κ3) is 1.99. The lowest BCUT2D eigenvalue weighted by Gasteiger charge is -2.11. The van der Waals surface area contributed by atoms with Gasteiger partial charge in [-0.2, -0.15) is 0 Å². The van der Waals surface area contributed by atoms with Gasteiger partial charge in [0, 0.05) is 6.04 Å². The summed E-state index contributed by atoms with van der Waals surface area (Å²) in [5.41, 5.74) is 1.62. The predicted octanol–water partition coefficient (Wildman–Crippen LogP) is 1.49. The molecule has 1 aromatic rings. The molecular weight excluding hydrogens is 197 g/mol. The Morgan fingerprint density at radius 1 is 1.60 bits per heavy atom. The van der Waals surface area contributed by atoms with E-state index < -0.39 is 5.97 Å². The number of aliphatic carboxylic acids is 1. The van der Waals surface area contributed by atoms with Gasteiger partial charge in [0.1, 0.15) is 5.82 Å². The molecule has 2 rings (SSSR count). The molecule has 0 saturated carbocycles. The van der Waals surface area contributed by atoms with Crippen molar-refractivity contribution >= 4 is 5.97 Å². The van der Waals surface area contributed by atoms with Crippen molar-refractivity contribution in [3.8, 4) is 0 Å². The number of nitrogens with one attached hydrogen (secondary N) is 1. The fraction of sp³-hybridized carbons (Fsp3) is 0.364. The summed E-state index contributed by atoms with van der Waals surface area (Å²) in [4.78, 5) is 10.4. The molecular formula is C11H12FNO2. The Labute approximate surface area is 86.9 Å². The molecule has 4 heteroatoms. The first-order chi connectivity index (χ1) is 7.18. The van der Waals surface area contributed by atoms with Crippen LogP contribution in [-0.2, 0) is 11.2 Å². The maximum atomic E-state index is 13.3. The zero-order valence-electron chi connectivity index (χ0n) is 8.16. The molecule has 0 bridgehead atoms. The van der Waals surface area contributed by atoms with Crippen molar-refractivity contribution in [2.24, 2.45) is 0 Å². The second-order valence-corrected chi connectivity index (χ2v) is 3.67. The number of rotatable bonds is 3. The van der Waals surface area contributed by atoms with Gasteiger partial charge in [0.05, 0.1) is 6.54 Å². The molecule has 0 heterocycles. The van der Waals surface area contributed by atoms with Gasteiger partial charge in [-0.05, 0) is 30.0 Å². The summed E-state index contributed by atoms with van der Waals surface area (Å²) in [6.45, 7) is -0.0827. The summed E-state index contributed by atoms with van der Waals surface area (Å²) < 4.78 is 13.3. The molecule has 0 radical (unpaired) electrons. The first kappa shape index (κ1) is 10.1. The molecule has 0 amide bonds. The minimum absolute atomic E-state index is 0.0215. The largest absolute Gasteiger partial charge is 0.480 e. The van der Waals surface area contributed by atoms with Crippen molar-refractivity contribution in [1.82, 2.24) is 5.32 Å². The van der Waals surface area contributed by atoms with Crippen LogP contribution in [0.25, 0.3) is 0 Å². The third-order valence-corrected chi connectivity index (χ3v) is 2.71. The van der Waals surface area contributed by atoms with Crippen molar-refractivity contribution in [1.29, 1.82) is 0 Å². The lowest BCUT2D eigenvalue weighted by Crippen LogP contribution is -2.25. The molecule has 1 unspecified atom stereocenters. The van der Waals surface area contributed by atoms with E-state index >= 15 is 0 Å². The topological polar surface area (TPSA) is 49.3 Å². The van der Waals surface area contributed by atoms with Crippen LogP contribution in [0.5, 0.6) is 0 Å². The van der Waals surface area contributed by atoms with Crippen molar-refractivity contribution in [2.75, 3.05) is 6.54 Å². The number of carboxylic acid groups (broad SMARTS) is 1. The highest BCUT2D eigenvalue weighted by atomic mass is 19.1. The van der Waals surface area contributed by atoms with E-state index in [0.29, 0.717) is 6.42 Å². The summed E-state index contributed by atoms with van der Waals surface area (Å²) >= 11 is 0. The second kappa shape index (κ2) is 3.98. The normalized spacial score (nSPS) is 18.9. The van der Waals surface area contributed by atoms with Crippen molar-refractivity contribution in [3.63, 3.8) is 0 Å². The second-order valence-electron chi connectivity index (χ2n) is 3.67. The van der Waals surface area contributed by atoms with Crippen LogP contribution in [0.15, 0.2) is 18.2 Å². The van der Waals surface area contributed by atoms with Crippen LogP contribution in [0.4, 0.5) is 4.39 Å². The van der Waals surface area contributed by atoms with Crippen LogP contribution in [0.3, 0.4) is 0 Å². The van der Waals surface area contributed by atoms with Gasteiger partial charge in [0.25, 0.3) is 0 Å². The van der Waals surface area contributed by atoms with Gasteiger partial charge in [-0.1, -0.05) is 12.1 Å². The van der Waals surface area contributed by atoms with E-state index in [1.54, 1.807) is 6.07 Å². The Balaban J connectivity index is 2.14. The summed E-state index contributed by atoms with van der Waals surface area (Å²) in [5.74, 6) is -1.08. The van der Waals surface area contributed by atoms with Gasteiger partial charge in [-0.3, -0.25) is 4.79 Å². The summed E-state index contributed by atoms with van der Waals surface area (Å²) in [6, 6.07) is 4.94. The fourth-order valence-electron chi connectivity index (χ4n) is 2.03. The van der Waals surface area contributed by atoms with Gasteiger partial charge >= 0.3 is 5.97 Å². The molecule has 0 fully saturated rings. The highest BCUT2D eigenvalue weighted by Crippen LogP contribution is 2.32. The minimum atomic E-state index is -0.889. The smallest absolute Gasteiger partial charge is 0.317 e. The van der Waals surface area contributed by atoms with Crippen LogP contribution in [0.1, 0.15) is 23.6 Å². The fourth-order valence-corrected chi connectivity index (χ4v) is 2.03. The Morgan fingerprint density at radius 2 is 2.40 bits per heavy atom. The Bertz CT molecular complexity index is 392. The highest BCUT2D eigenvalue weighted by molar-refractivity contribution is 5.69. The molecule has 80 valence electrons. The highest BCUT2D eigenvalue weighted by Gasteiger charge is 2.24. The first-order valence-corrected chi connectivity index (χ1v) is 4.91. The van der Waals surface area contributed by atoms with Crippen LogP contribution in [0, 0.1) is 5.82 Å². The van der Waals surface area contributed by atoms with E-state index in [0.717, 1.165) is 17.5 Å². The Morgan fingerprint density at radius 3 is 3.13 bits per heavy atom. The van der Waals surface area contributed by atoms with E-state index in [4.69, 9.17) is 5.11 Å². The standard InChI is InChI=1S/C11H12FNO2/c12-9-3-1-2-8-7(9)4-5-10(8)13-6-11(14)15/h1-3,10,13H,4-6H2,(H,14,15). The summed E-state index contributed by atoms with van der Waals surface area (Å²) in [6.07, 6.45) is 1.45. The molecule has 15 heavy (non-hydrogen) atoms. The van der Waals surface area contributed by atoms with E-state index in [1.807, 2.05) is 6.07 Å². The lowest BCUT2D eigenvalue weighted by molar-refractivity contribution is -0.136. The van der Waals surface area contributed by atoms with E-state index in [1.165, 1.54) is 6.07 Å². The number of carboxylic acids is 1. The zero-order chi connectivity index (χ0) is 10.8. The number of hydrogen-bond donors (Lipinski definition) is 2. The number of carbonyl (C=O) groups is 1. The lowest BCUT2D eigenvalue weighted by atomic mass is 10.1. The number of benzene rings is 1. The molecule has 1 aromatic carbocycles. The number of hydrogen-bond acceptors (Lipinski definition) is 2. The molecule has 2 N–H and O–H groups in total. The summed E-state index contributed by atoms with van der Waals surface area (Å²) in [5, 5.41) is 11.4. The Kier molecular flexibility index (Phi) is 2.68. The number of fused-ring (bicyclic) bond motifs is 1. The molecule has 1 aliphatic rings. The van der Waals surface area contributed by atoms with Crippen LogP contribution in [-0.4, -0.2) is 17.6 Å². The third-order valence-electron chi connectivity index (χ3n) is 2.71. The molecule has 0 aromatic heterocycles. The van der Waals surface area contributed by atoms with E-state index in [2.05, 4.69) is 5.32 Å². The van der Waals surface area contributed by atoms with Crippen LogP contribution < -0.4 is 5.32 Å². The van der Waals surface area contributed by atoms with E-state index in [-0.39, 0.29) is 18.4 Å². The van der Waals surface area contributed by atoms with Gasteiger partial charge in [-0.25, -0.2) is 4.39 Å². The molecule has 1 aliphatic carbocycles. The van der Waals surface area contributed by atoms with Gasteiger partial charge in [-0.15, -0.1) is 0 Å². The van der Waals surface area contributed by atoms with Crippen molar-refractivity contribution < 1.29 is 14.3 Å². The molecule has 0 saturated heterocycles. The Hall–Kier alpha value is -1.42. The summed E-state index contributed by atoms with van der Waals surface area (Å²) in [7, 11) is 0. The van der Waals surface area contributed by atoms with Crippen LogP contribution >= 0.6 is 0 Å². The molecule has 3 nitrogen and oxygen atoms in total. The quantitative estimate of drug-likeness (QED) is 0.792.